The molecule has 25 heavy (non-hydrogen) atoms. The molecule has 0 saturated carbocycles. The van der Waals surface area contributed by atoms with Gasteiger partial charge in [-0.25, -0.2) is 0 Å². The van der Waals surface area contributed by atoms with Gasteiger partial charge >= 0.3 is 0 Å². The number of aromatic amines is 1. The highest BCUT2D eigenvalue weighted by molar-refractivity contribution is 6.04. The van der Waals surface area contributed by atoms with Crippen molar-refractivity contribution in [1.82, 2.24) is 25.3 Å². The fourth-order valence-electron chi connectivity index (χ4n) is 2.49. The molecule has 3 rings (SSSR count). The van der Waals surface area contributed by atoms with Crippen molar-refractivity contribution in [2.45, 2.75) is 13.0 Å². The molecular weight excluding hydrogens is 320 g/mol. The Morgan fingerprint density at radius 1 is 1.20 bits per heavy atom. The zero-order chi connectivity index (χ0) is 17.8. The van der Waals surface area contributed by atoms with Crippen molar-refractivity contribution < 1.29 is 9.59 Å². The van der Waals surface area contributed by atoms with Crippen LogP contribution in [0.3, 0.4) is 0 Å². The second-order valence-electron chi connectivity index (χ2n) is 5.47. The lowest BCUT2D eigenvalue weighted by molar-refractivity contribution is 0.0956. The van der Waals surface area contributed by atoms with Crippen molar-refractivity contribution in [2.75, 3.05) is 12.4 Å². The molecule has 1 aromatic carbocycles. The molecule has 3 aromatic rings. The fraction of sp³-hybridized carbons (Fsp3) is 0.176. The van der Waals surface area contributed by atoms with E-state index in [2.05, 4.69) is 25.9 Å². The average Bonchev–Trinajstić information content (AvgIpc) is 3.30. The van der Waals surface area contributed by atoms with Gasteiger partial charge in [-0.1, -0.05) is 30.3 Å². The highest BCUT2D eigenvalue weighted by atomic mass is 16.2. The molecule has 0 saturated heterocycles. The Balaban J connectivity index is 1.99. The Bertz CT molecular complexity index is 870. The largest absolute Gasteiger partial charge is 0.354 e. The minimum Gasteiger partial charge on any atom is -0.354 e. The molecule has 0 aliphatic rings. The Labute approximate surface area is 144 Å². The molecule has 2 aromatic heterocycles. The van der Waals surface area contributed by atoms with Gasteiger partial charge in [0.05, 0.1) is 17.9 Å². The van der Waals surface area contributed by atoms with E-state index in [9.17, 15) is 9.59 Å². The third-order valence-electron chi connectivity index (χ3n) is 3.83. The Hall–Kier alpha value is -3.42. The van der Waals surface area contributed by atoms with Crippen LogP contribution < -0.4 is 10.6 Å². The topological polar surface area (TPSA) is 105 Å². The van der Waals surface area contributed by atoms with E-state index >= 15 is 0 Å². The molecule has 0 aliphatic carbocycles. The fourth-order valence-corrected chi connectivity index (χ4v) is 2.49. The van der Waals surface area contributed by atoms with E-state index in [1.54, 1.807) is 10.9 Å². The number of anilines is 1. The van der Waals surface area contributed by atoms with Crippen LogP contribution in [0, 0.1) is 0 Å². The van der Waals surface area contributed by atoms with Gasteiger partial charge in [0.15, 0.2) is 5.69 Å². The van der Waals surface area contributed by atoms with Crippen molar-refractivity contribution in [2.24, 2.45) is 0 Å². The first kappa shape index (κ1) is 16.4. The SMILES string of the molecule is CNC(=O)c1cc(C(=O)Nc2cn[nH]c2)n(C(C)c2ccccc2)n1. The first-order valence-corrected chi connectivity index (χ1v) is 7.77. The van der Waals surface area contributed by atoms with Crippen LogP contribution in [0.4, 0.5) is 5.69 Å². The number of benzene rings is 1. The van der Waals surface area contributed by atoms with Crippen molar-refractivity contribution in [3.8, 4) is 0 Å². The minimum atomic E-state index is -0.369. The number of H-pyrrole nitrogens is 1. The van der Waals surface area contributed by atoms with Gasteiger partial charge in [-0.05, 0) is 12.5 Å². The van der Waals surface area contributed by atoms with Crippen LogP contribution >= 0.6 is 0 Å². The lowest BCUT2D eigenvalue weighted by Gasteiger charge is -2.15. The number of carbonyl (C=O) groups excluding carboxylic acids is 2. The van der Waals surface area contributed by atoms with Gasteiger partial charge < -0.3 is 10.6 Å². The van der Waals surface area contributed by atoms with Crippen LogP contribution in [-0.2, 0) is 0 Å². The summed E-state index contributed by atoms with van der Waals surface area (Å²) in [5.74, 6) is -0.719. The van der Waals surface area contributed by atoms with E-state index in [-0.39, 0.29) is 29.2 Å². The van der Waals surface area contributed by atoms with Crippen LogP contribution in [-0.4, -0.2) is 38.8 Å². The van der Waals surface area contributed by atoms with Crippen molar-refractivity contribution in [3.63, 3.8) is 0 Å². The summed E-state index contributed by atoms with van der Waals surface area (Å²) in [6.07, 6.45) is 3.07. The summed E-state index contributed by atoms with van der Waals surface area (Å²) in [4.78, 5) is 24.6. The van der Waals surface area contributed by atoms with Crippen molar-refractivity contribution in [1.29, 1.82) is 0 Å². The second kappa shape index (κ2) is 7.00. The zero-order valence-corrected chi connectivity index (χ0v) is 13.9. The first-order chi connectivity index (χ1) is 12.1. The number of rotatable bonds is 5. The molecule has 2 heterocycles. The molecule has 0 spiro atoms. The third kappa shape index (κ3) is 3.42. The Morgan fingerprint density at radius 3 is 2.60 bits per heavy atom. The number of nitrogens with one attached hydrogen (secondary N) is 3. The van der Waals surface area contributed by atoms with Gasteiger partial charge in [0.1, 0.15) is 5.69 Å². The van der Waals surface area contributed by atoms with E-state index in [1.165, 1.54) is 19.3 Å². The summed E-state index contributed by atoms with van der Waals surface area (Å²) in [5, 5.41) is 16.0. The third-order valence-corrected chi connectivity index (χ3v) is 3.83. The van der Waals surface area contributed by atoms with E-state index < -0.39 is 0 Å². The van der Waals surface area contributed by atoms with E-state index in [1.807, 2.05) is 37.3 Å². The number of nitrogens with zero attached hydrogens (tertiary/aromatic N) is 3. The van der Waals surface area contributed by atoms with Crippen molar-refractivity contribution in [3.05, 3.63) is 65.7 Å². The normalized spacial score (nSPS) is 11.8. The molecule has 1 atom stereocenters. The lowest BCUT2D eigenvalue weighted by Crippen LogP contribution is -2.21. The lowest BCUT2D eigenvalue weighted by atomic mass is 10.1. The van der Waals surface area contributed by atoms with Crippen LogP contribution in [0.1, 0.15) is 39.5 Å². The summed E-state index contributed by atoms with van der Waals surface area (Å²) in [6, 6.07) is 10.9. The van der Waals surface area contributed by atoms with E-state index in [4.69, 9.17) is 0 Å². The van der Waals surface area contributed by atoms with Crippen molar-refractivity contribution >= 4 is 17.5 Å². The summed E-state index contributed by atoms with van der Waals surface area (Å²) >= 11 is 0. The number of amides is 2. The number of hydrogen-bond donors (Lipinski definition) is 3. The second-order valence-corrected chi connectivity index (χ2v) is 5.47. The maximum atomic E-state index is 12.6. The van der Waals surface area contributed by atoms with Gasteiger partial charge in [-0.15, -0.1) is 0 Å². The molecule has 0 radical (unpaired) electrons. The standard InChI is InChI=1S/C17H18N6O2/c1-11(12-6-4-3-5-7-12)23-15(8-14(22-23)16(24)18-2)17(25)21-13-9-19-20-10-13/h3-11H,1-2H3,(H,18,24)(H,19,20)(H,21,25). The number of aromatic nitrogens is 4. The maximum absolute atomic E-state index is 12.6. The molecule has 0 aliphatic heterocycles. The number of hydrogen-bond acceptors (Lipinski definition) is 4. The van der Waals surface area contributed by atoms with E-state index in [0.29, 0.717) is 5.69 Å². The van der Waals surface area contributed by atoms with Crippen LogP contribution in [0.2, 0.25) is 0 Å². The smallest absolute Gasteiger partial charge is 0.274 e. The number of carbonyl (C=O) groups is 2. The Kier molecular flexibility index (Phi) is 4.60. The predicted molar refractivity (Wildman–Crippen MR) is 92.4 cm³/mol. The molecule has 8 nitrogen and oxygen atoms in total. The molecular formula is C17H18N6O2. The highest BCUT2D eigenvalue weighted by Gasteiger charge is 2.22. The molecule has 128 valence electrons. The van der Waals surface area contributed by atoms with Gasteiger partial charge in [0, 0.05) is 19.3 Å². The summed E-state index contributed by atoms with van der Waals surface area (Å²) in [7, 11) is 1.52. The quantitative estimate of drug-likeness (QED) is 0.660. The highest BCUT2D eigenvalue weighted by Crippen LogP contribution is 2.21. The average molecular weight is 338 g/mol. The van der Waals surface area contributed by atoms with E-state index in [0.717, 1.165) is 5.56 Å². The first-order valence-electron chi connectivity index (χ1n) is 7.77. The summed E-state index contributed by atoms with van der Waals surface area (Å²) in [5.41, 5.74) is 1.98. The van der Waals surface area contributed by atoms with Crippen LogP contribution in [0.25, 0.3) is 0 Å². The zero-order valence-electron chi connectivity index (χ0n) is 13.9. The molecule has 0 fully saturated rings. The van der Waals surface area contributed by atoms with Crippen LogP contribution in [0.5, 0.6) is 0 Å². The molecule has 1 unspecified atom stereocenters. The minimum absolute atomic E-state index is 0.183. The molecule has 2 amide bonds. The van der Waals surface area contributed by atoms with Gasteiger partial charge in [0.25, 0.3) is 11.8 Å². The maximum Gasteiger partial charge on any atom is 0.274 e. The monoisotopic (exact) mass is 338 g/mol. The predicted octanol–water partition coefficient (Wildman–Crippen LogP) is 1.83. The van der Waals surface area contributed by atoms with Gasteiger partial charge in [-0.2, -0.15) is 10.2 Å². The van der Waals surface area contributed by atoms with Gasteiger partial charge in [0.2, 0.25) is 0 Å². The molecule has 8 heteroatoms. The molecule has 0 bridgehead atoms. The van der Waals surface area contributed by atoms with Gasteiger partial charge in [-0.3, -0.25) is 19.4 Å². The summed E-state index contributed by atoms with van der Waals surface area (Å²) in [6.45, 7) is 1.92. The molecule has 3 N–H and O–H groups in total. The Morgan fingerprint density at radius 2 is 1.96 bits per heavy atom. The van der Waals surface area contributed by atoms with Crippen LogP contribution in [0.15, 0.2) is 48.8 Å². The summed E-state index contributed by atoms with van der Waals surface area (Å²) < 4.78 is 1.55.